The van der Waals surface area contributed by atoms with E-state index >= 15 is 0 Å². The molecule has 1 N–H and O–H groups in total. The molecule has 5 heteroatoms. The van der Waals surface area contributed by atoms with Crippen molar-refractivity contribution in [1.29, 1.82) is 0 Å². The average Bonchev–Trinajstić information content (AvgIpc) is 2.80. The molecule has 0 radical (unpaired) electrons. The molecule has 1 heterocycles. The second-order valence-electron chi connectivity index (χ2n) is 5.63. The minimum absolute atomic E-state index is 0.0664. The Hall–Kier alpha value is -2.30. The Kier molecular flexibility index (Phi) is 4.85. The van der Waals surface area contributed by atoms with Gasteiger partial charge in [0.25, 0.3) is 5.91 Å². The van der Waals surface area contributed by atoms with Crippen LogP contribution >= 0.6 is 0 Å². The normalized spacial score (nSPS) is 10.8. The van der Waals surface area contributed by atoms with E-state index in [4.69, 9.17) is 4.74 Å². The lowest BCUT2D eigenvalue weighted by Gasteiger charge is -2.09. The number of carbonyl (C=O) groups is 1. The van der Waals surface area contributed by atoms with Gasteiger partial charge in [0.1, 0.15) is 5.75 Å². The maximum absolute atomic E-state index is 12.4. The van der Waals surface area contributed by atoms with Crippen molar-refractivity contribution in [2.24, 2.45) is 0 Å². The predicted molar refractivity (Wildman–Crippen MR) is 87.9 cm³/mol. The van der Waals surface area contributed by atoms with Crippen molar-refractivity contribution in [1.82, 2.24) is 9.78 Å². The zero-order valence-electron chi connectivity index (χ0n) is 13.8. The Labute approximate surface area is 131 Å². The van der Waals surface area contributed by atoms with Crippen molar-refractivity contribution in [2.75, 3.05) is 19.0 Å². The number of anilines is 1. The van der Waals surface area contributed by atoms with Gasteiger partial charge in [-0.15, -0.1) is 0 Å². The number of aryl methyl sites for hydroxylation is 1. The fourth-order valence-electron chi connectivity index (χ4n) is 2.69. The van der Waals surface area contributed by atoms with Crippen molar-refractivity contribution in [3.05, 3.63) is 41.2 Å². The second-order valence-corrected chi connectivity index (χ2v) is 5.63. The van der Waals surface area contributed by atoms with Crippen molar-refractivity contribution < 1.29 is 9.53 Å². The monoisotopic (exact) mass is 301 g/mol. The standard InChI is InChI=1S/C17H23N3O2/c1-11(2)17-12(3)19-20(13(17)4)16(21)10-18-14-6-8-15(22-5)9-7-14/h6-9,11,18H,10H2,1-5H3. The molecule has 0 aliphatic rings. The Bertz CT molecular complexity index is 657. The van der Waals surface area contributed by atoms with Gasteiger partial charge >= 0.3 is 0 Å². The number of benzene rings is 1. The van der Waals surface area contributed by atoms with Crippen molar-refractivity contribution in [3.63, 3.8) is 0 Å². The van der Waals surface area contributed by atoms with Gasteiger partial charge in [-0.3, -0.25) is 4.79 Å². The molecule has 1 aromatic carbocycles. The summed E-state index contributed by atoms with van der Waals surface area (Å²) in [6.07, 6.45) is 0. The van der Waals surface area contributed by atoms with E-state index in [0.717, 1.165) is 28.4 Å². The van der Waals surface area contributed by atoms with Crippen LogP contribution in [0.1, 0.15) is 41.5 Å². The van der Waals surface area contributed by atoms with E-state index in [1.807, 2.05) is 38.1 Å². The Balaban J connectivity index is 2.07. The quantitative estimate of drug-likeness (QED) is 0.919. The largest absolute Gasteiger partial charge is 0.497 e. The molecule has 1 aromatic heterocycles. The highest BCUT2D eigenvalue weighted by atomic mass is 16.5. The molecule has 0 aliphatic carbocycles. The minimum Gasteiger partial charge on any atom is -0.497 e. The van der Waals surface area contributed by atoms with E-state index in [1.54, 1.807) is 7.11 Å². The summed E-state index contributed by atoms with van der Waals surface area (Å²) in [5, 5.41) is 7.49. The first-order valence-corrected chi connectivity index (χ1v) is 7.41. The molecule has 0 saturated carbocycles. The van der Waals surface area contributed by atoms with Gasteiger partial charge in [0.15, 0.2) is 0 Å². The van der Waals surface area contributed by atoms with Gasteiger partial charge in [-0.1, -0.05) is 13.8 Å². The molecule has 118 valence electrons. The van der Waals surface area contributed by atoms with Crippen LogP contribution in [0.25, 0.3) is 0 Å². The first-order valence-electron chi connectivity index (χ1n) is 7.41. The van der Waals surface area contributed by atoms with Crippen LogP contribution in [0.15, 0.2) is 24.3 Å². The van der Waals surface area contributed by atoms with Crippen LogP contribution in [0.4, 0.5) is 5.69 Å². The Morgan fingerprint density at radius 1 is 1.27 bits per heavy atom. The van der Waals surface area contributed by atoms with Crippen molar-refractivity contribution in [3.8, 4) is 5.75 Å². The summed E-state index contributed by atoms with van der Waals surface area (Å²) >= 11 is 0. The van der Waals surface area contributed by atoms with Crippen LogP contribution in [0.2, 0.25) is 0 Å². The number of ether oxygens (including phenoxy) is 1. The average molecular weight is 301 g/mol. The van der Waals surface area contributed by atoms with E-state index in [2.05, 4.69) is 24.3 Å². The Morgan fingerprint density at radius 3 is 2.41 bits per heavy atom. The number of rotatable bonds is 5. The molecule has 0 spiro atoms. The van der Waals surface area contributed by atoms with Gasteiger partial charge in [0, 0.05) is 11.4 Å². The highest BCUT2D eigenvalue weighted by Gasteiger charge is 2.18. The molecule has 0 bridgehead atoms. The smallest absolute Gasteiger partial charge is 0.266 e. The molecular formula is C17H23N3O2. The maximum atomic E-state index is 12.4. The molecule has 0 saturated heterocycles. The van der Waals surface area contributed by atoms with Gasteiger partial charge in [-0.25, -0.2) is 4.68 Å². The number of methoxy groups -OCH3 is 1. The fraction of sp³-hybridized carbons (Fsp3) is 0.412. The Morgan fingerprint density at radius 2 is 1.91 bits per heavy atom. The van der Waals surface area contributed by atoms with Gasteiger partial charge in [0.2, 0.25) is 0 Å². The van der Waals surface area contributed by atoms with E-state index in [1.165, 1.54) is 4.68 Å². The highest BCUT2D eigenvalue weighted by Crippen LogP contribution is 2.22. The zero-order valence-corrected chi connectivity index (χ0v) is 13.8. The number of nitrogens with zero attached hydrogens (tertiary/aromatic N) is 2. The molecule has 2 aromatic rings. The molecular weight excluding hydrogens is 278 g/mol. The molecule has 0 fully saturated rings. The first-order chi connectivity index (χ1) is 10.4. The third-order valence-electron chi connectivity index (χ3n) is 3.69. The van der Waals surface area contributed by atoms with Crippen molar-refractivity contribution in [2.45, 2.75) is 33.6 Å². The SMILES string of the molecule is COc1ccc(NCC(=O)n2nc(C)c(C(C)C)c2C)cc1. The summed E-state index contributed by atoms with van der Waals surface area (Å²) in [5.74, 6) is 1.08. The molecule has 0 atom stereocenters. The number of nitrogens with one attached hydrogen (secondary N) is 1. The molecule has 5 nitrogen and oxygen atoms in total. The number of carbonyl (C=O) groups excluding carboxylic acids is 1. The zero-order chi connectivity index (χ0) is 16.3. The molecule has 22 heavy (non-hydrogen) atoms. The van der Waals surface area contributed by atoms with Gasteiger partial charge in [0.05, 0.1) is 19.3 Å². The summed E-state index contributed by atoms with van der Waals surface area (Å²) in [4.78, 5) is 12.4. The summed E-state index contributed by atoms with van der Waals surface area (Å²) in [6.45, 7) is 8.32. The molecule has 0 unspecified atom stereocenters. The maximum Gasteiger partial charge on any atom is 0.266 e. The van der Waals surface area contributed by atoms with Crippen LogP contribution in [0, 0.1) is 13.8 Å². The van der Waals surface area contributed by atoms with Crippen LogP contribution in [0.3, 0.4) is 0 Å². The lowest BCUT2D eigenvalue weighted by molar-refractivity contribution is 0.0910. The van der Waals surface area contributed by atoms with Crippen LogP contribution in [-0.4, -0.2) is 29.3 Å². The number of hydrogen-bond acceptors (Lipinski definition) is 4. The third kappa shape index (κ3) is 3.30. The van der Waals surface area contributed by atoms with Gasteiger partial charge < -0.3 is 10.1 Å². The summed E-state index contributed by atoms with van der Waals surface area (Å²) in [5.41, 5.74) is 3.87. The molecule has 0 aliphatic heterocycles. The van der Waals surface area contributed by atoms with Gasteiger partial charge in [-0.2, -0.15) is 5.10 Å². The molecule has 2 rings (SSSR count). The predicted octanol–water partition coefficient (Wildman–Crippen LogP) is 3.38. The summed E-state index contributed by atoms with van der Waals surface area (Å²) in [6, 6.07) is 7.47. The van der Waals surface area contributed by atoms with E-state index in [9.17, 15) is 4.79 Å². The first kappa shape index (κ1) is 16.1. The van der Waals surface area contributed by atoms with Crippen LogP contribution in [0.5, 0.6) is 5.75 Å². The lowest BCUT2D eigenvalue weighted by Crippen LogP contribution is -2.23. The van der Waals surface area contributed by atoms with Crippen LogP contribution in [-0.2, 0) is 0 Å². The topological polar surface area (TPSA) is 56.1 Å². The van der Waals surface area contributed by atoms with Crippen molar-refractivity contribution >= 4 is 11.6 Å². The fourth-order valence-corrected chi connectivity index (χ4v) is 2.69. The third-order valence-corrected chi connectivity index (χ3v) is 3.69. The minimum atomic E-state index is -0.0664. The van der Waals surface area contributed by atoms with E-state index < -0.39 is 0 Å². The highest BCUT2D eigenvalue weighted by molar-refractivity contribution is 5.83. The lowest BCUT2D eigenvalue weighted by atomic mass is 10.0. The van der Waals surface area contributed by atoms with E-state index in [-0.39, 0.29) is 12.5 Å². The van der Waals surface area contributed by atoms with Crippen LogP contribution < -0.4 is 10.1 Å². The summed E-state index contributed by atoms with van der Waals surface area (Å²) in [7, 11) is 1.63. The molecule has 0 amide bonds. The van der Waals surface area contributed by atoms with Gasteiger partial charge in [-0.05, 0) is 49.6 Å². The summed E-state index contributed by atoms with van der Waals surface area (Å²) < 4.78 is 6.61. The van der Waals surface area contributed by atoms with E-state index in [0.29, 0.717) is 5.92 Å². The number of hydrogen-bond donors (Lipinski definition) is 1. The second kappa shape index (κ2) is 6.64. The number of aromatic nitrogens is 2.